The Morgan fingerprint density at radius 3 is 2.70 bits per heavy atom. The average Bonchev–Trinajstić information content (AvgIpc) is 3.40. The van der Waals surface area contributed by atoms with Gasteiger partial charge in [0, 0.05) is 31.3 Å². The van der Waals surface area contributed by atoms with Gasteiger partial charge in [-0.25, -0.2) is 8.42 Å². The van der Waals surface area contributed by atoms with Crippen LogP contribution in [0.2, 0.25) is 0 Å². The van der Waals surface area contributed by atoms with Gasteiger partial charge < -0.3 is 9.42 Å². The van der Waals surface area contributed by atoms with E-state index in [1.165, 1.54) is 17.4 Å². The minimum absolute atomic E-state index is 0.0343. The van der Waals surface area contributed by atoms with Crippen LogP contribution in [0.3, 0.4) is 0 Å². The first kappa shape index (κ1) is 20.2. The van der Waals surface area contributed by atoms with E-state index < -0.39 is 10.0 Å². The normalized spacial score (nSPS) is 13.6. The lowest BCUT2D eigenvalue weighted by Gasteiger charge is -2.18. The van der Waals surface area contributed by atoms with E-state index in [4.69, 9.17) is 4.52 Å². The van der Waals surface area contributed by atoms with Gasteiger partial charge in [-0.15, -0.1) is 0 Å². The van der Waals surface area contributed by atoms with E-state index >= 15 is 0 Å². The zero-order valence-corrected chi connectivity index (χ0v) is 17.6. The molecule has 0 aliphatic carbocycles. The lowest BCUT2D eigenvalue weighted by atomic mass is 10.2. The largest absolute Gasteiger partial charge is 0.338 e. The molecule has 1 amide bonds. The Morgan fingerprint density at radius 2 is 1.97 bits per heavy atom. The summed E-state index contributed by atoms with van der Waals surface area (Å²) in [6.07, 6.45) is 1.05. The highest BCUT2D eigenvalue weighted by atomic mass is 32.2. The fourth-order valence-corrected chi connectivity index (χ4v) is 4.64. The number of anilines is 1. The first-order chi connectivity index (χ1) is 14.4. The van der Waals surface area contributed by atoms with E-state index in [0.29, 0.717) is 25.2 Å². The standard InChI is InChI=1S/C21H22N4O4S/c1-3-20(26)25-12-11-16-13-17(9-10-18(16)25)30(27,28)24(2)14-19-22-21(23-29-19)15-7-5-4-6-8-15/h4-10,13H,3,11-12,14H2,1-2H3. The molecule has 0 spiro atoms. The van der Waals surface area contributed by atoms with Crippen LogP contribution in [0.4, 0.5) is 5.69 Å². The van der Waals surface area contributed by atoms with Crippen LogP contribution in [0.5, 0.6) is 0 Å². The number of carbonyl (C=O) groups excluding carboxylic acids is 1. The first-order valence-electron chi connectivity index (χ1n) is 9.68. The molecule has 0 N–H and O–H groups in total. The Balaban J connectivity index is 1.53. The molecule has 3 aromatic rings. The number of carbonyl (C=O) groups is 1. The van der Waals surface area contributed by atoms with E-state index in [9.17, 15) is 13.2 Å². The zero-order chi connectivity index (χ0) is 21.3. The number of fused-ring (bicyclic) bond motifs is 1. The van der Waals surface area contributed by atoms with Crippen molar-refractivity contribution in [1.29, 1.82) is 0 Å². The maximum atomic E-state index is 13.0. The third-order valence-electron chi connectivity index (χ3n) is 5.12. The third kappa shape index (κ3) is 3.73. The number of sulfonamides is 1. The van der Waals surface area contributed by atoms with Crippen molar-refractivity contribution in [3.63, 3.8) is 0 Å². The fraction of sp³-hybridized carbons (Fsp3) is 0.286. The molecule has 156 valence electrons. The molecule has 0 saturated heterocycles. The molecule has 0 bridgehead atoms. The van der Waals surface area contributed by atoms with Gasteiger partial charge in [-0.05, 0) is 30.2 Å². The summed E-state index contributed by atoms with van der Waals surface area (Å²) < 4.78 is 32.5. The summed E-state index contributed by atoms with van der Waals surface area (Å²) in [5, 5.41) is 3.93. The van der Waals surface area contributed by atoms with Crippen molar-refractivity contribution in [1.82, 2.24) is 14.4 Å². The maximum absolute atomic E-state index is 13.0. The highest BCUT2D eigenvalue weighted by Gasteiger charge is 2.28. The van der Waals surface area contributed by atoms with E-state index in [-0.39, 0.29) is 23.2 Å². The summed E-state index contributed by atoms with van der Waals surface area (Å²) >= 11 is 0. The van der Waals surface area contributed by atoms with Gasteiger partial charge in [-0.3, -0.25) is 4.79 Å². The van der Waals surface area contributed by atoms with Gasteiger partial charge in [0.05, 0.1) is 11.4 Å². The Bertz CT molecular complexity index is 1170. The molecule has 4 rings (SSSR count). The molecule has 0 radical (unpaired) electrons. The lowest BCUT2D eigenvalue weighted by Crippen LogP contribution is -2.28. The lowest BCUT2D eigenvalue weighted by molar-refractivity contribution is -0.118. The van der Waals surface area contributed by atoms with E-state index in [1.54, 1.807) is 17.0 Å². The number of hydrogen-bond acceptors (Lipinski definition) is 6. The van der Waals surface area contributed by atoms with Crippen molar-refractivity contribution in [2.75, 3.05) is 18.5 Å². The predicted molar refractivity (Wildman–Crippen MR) is 111 cm³/mol. The number of benzene rings is 2. The minimum atomic E-state index is -3.76. The number of hydrogen-bond donors (Lipinski definition) is 0. The van der Waals surface area contributed by atoms with Crippen molar-refractivity contribution in [3.05, 3.63) is 60.0 Å². The van der Waals surface area contributed by atoms with Crippen molar-refractivity contribution in [3.8, 4) is 11.4 Å². The molecule has 1 aliphatic rings. The second kappa shape index (κ2) is 8.00. The summed E-state index contributed by atoms with van der Waals surface area (Å²) in [5.74, 6) is 0.655. The second-order valence-corrected chi connectivity index (χ2v) is 9.12. The molecular weight excluding hydrogens is 404 g/mol. The molecule has 1 aliphatic heterocycles. The molecule has 30 heavy (non-hydrogen) atoms. The molecule has 0 fully saturated rings. The summed E-state index contributed by atoms with van der Waals surface area (Å²) in [4.78, 5) is 18.2. The summed E-state index contributed by atoms with van der Waals surface area (Å²) in [7, 11) is -2.28. The summed E-state index contributed by atoms with van der Waals surface area (Å²) in [6.45, 7) is 2.35. The molecule has 8 nitrogen and oxygen atoms in total. The van der Waals surface area contributed by atoms with Crippen LogP contribution < -0.4 is 4.90 Å². The molecule has 1 aromatic heterocycles. The topological polar surface area (TPSA) is 96.6 Å². The highest BCUT2D eigenvalue weighted by Crippen LogP contribution is 2.31. The Labute approximate surface area is 175 Å². The second-order valence-electron chi connectivity index (χ2n) is 7.08. The van der Waals surface area contributed by atoms with Crippen LogP contribution in [-0.2, 0) is 27.8 Å². The summed E-state index contributed by atoms with van der Waals surface area (Å²) in [6, 6.07) is 14.2. The molecule has 0 atom stereocenters. The van der Waals surface area contributed by atoms with Gasteiger partial charge in [0.15, 0.2) is 0 Å². The average molecular weight is 426 g/mol. The van der Waals surface area contributed by atoms with Crippen molar-refractivity contribution in [2.45, 2.75) is 31.2 Å². The molecule has 2 heterocycles. The summed E-state index contributed by atoms with van der Waals surface area (Å²) in [5.41, 5.74) is 2.44. The van der Waals surface area contributed by atoms with Crippen molar-refractivity contribution in [2.24, 2.45) is 0 Å². The van der Waals surface area contributed by atoms with Crippen molar-refractivity contribution >= 4 is 21.6 Å². The van der Waals surface area contributed by atoms with Crippen LogP contribution in [0.25, 0.3) is 11.4 Å². The van der Waals surface area contributed by atoms with Crippen LogP contribution in [-0.4, -0.2) is 42.4 Å². The van der Waals surface area contributed by atoms with E-state index in [1.807, 2.05) is 37.3 Å². The van der Waals surface area contributed by atoms with Crippen LogP contribution >= 0.6 is 0 Å². The van der Waals surface area contributed by atoms with Gasteiger partial charge in [-0.1, -0.05) is 42.4 Å². The van der Waals surface area contributed by atoms with Crippen LogP contribution in [0, 0.1) is 0 Å². The Morgan fingerprint density at radius 1 is 1.20 bits per heavy atom. The third-order valence-corrected chi connectivity index (χ3v) is 6.92. The number of aromatic nitrogens is 2. The number of rotatable bonds is 6. The van der Waals surface area contributed by atoms with Gasteiger partial charge in [-0.2, -0.15) is 9.29 Å². The maximum Gasteiger partial charge on any atom is 0.243 e. The molecular formula is C21H22N4O4S. The number of amides is 1. The first-order valence-corrected chi connectivity index (χ1v) is 11.1. The predicted octanol–water partition coefficient (Wildman–Crippen LogP) is 2.86. The SMILES string of the molecule is CCC(=O)N1CCc2cc(S(=O)(=O)N(C)Cc3nc(-c4ccccc4)no3)ccc21. The number of nitrogens with zero attached hydrogens (tertiary/aromatic N) is 4. The molecule has 0 saturated carbocycles. The quantitative estimate of drug-likeness (QED) is 0.601. The van der Waals surface area contributed by atoms with Gasteiger partial charge >= 0.3 is 0 Å². The molecule has 9 heteroatoms. The van der Waals surface area contributed by atoms with E-state index in [0.717, 1.165) is 16.8 Å². The van der Waals surface area contributed by atoms with Crippen molar-refractivity contribution < 1.29 is 17.7 Å². The van der Waals surface area contributed by atoms with E-state index in [2.05, 4.69) is 10.1 Å². The Hall–Kier alpha value is -3.04. The van der Waals surface area contributed by atoms with Crippen LogP contribution in [0.15, 0.2) is 57.9 Å². The van der Waals surface area contributed by atoms with Crippen LogP contribution in [0.1, 0.15) is 24.8 Å². The fourth-order valence-electron chi connectivity index (χ4n) is 3.47. The monoisotopic (exact) mass is 426 g/mol. The van der Waals surface area contributed by atoms with Gasteiger partial charge in [0.1, 0.15) is 0 Å². The van der Waals surface area contributed by atoms with Gasteiger partial charge in [0.25, 0.3) is 0 Å². The van der Waals surface area contributed by atoms with Gasteiger partial charge in [0.2, 0.25) is 27.6 Å². The zero-order valence-electron chi connectivity index (χ0n) is 16.8. The molecule has 2 aromatic carbocycles. The smallest absolute Gasteiger partial charge is 0.243 e. The Kier molecular flexibility index (Phi) is 5.40. The highest BCUT2D eigenvalue weighted by molar-refractivity contribution is 7.89. The molecule has 0 unspecified atom stereocenters. The minimum Gasteiger partial charge on any atom is -0.338 e.